The lowest BCUT2D eigenvalue weighted by Gasteiger charge is -2.12. The molecule has 0 heterocycles. The van der Waals surface area contributed by atoms with Gasteiger partial charge in [-0.3, -0.25) is 14.4 Å². The third-order valence-corrected chi connectivity index (χ3v) is 4.10. The molecule has 142 valence electrons. The first-order valence-electron chi connectivity index (χ1n) is 8.37. The maximum atomic E-state index is 12.3. The van der Waals surface area contributed by atoms with E-state index in [1.165, 1.54) is 28.1 Å². The maximum absolute atomic E-state index is 12.3. The molecule has 0 aliphatic heterocycles. The standard InChI is InChI=1S/C21H22O6/c1-13(22)15-5-7-19(25-3)17(9-15)11-21(24)27-12-18-10-16(14(2)23)6-8-20(18)26-4/h5-10H,11-12H2,1-4H3. The van der Waals surface area contributed by atoms with Crippen LogP contribution in [0.5, 0.6) is 11.5 Å². The number of ether oxygens (including phenoxy) is 3. The van der Waals surface area contributed by atoms with E-state index in [0.717, 1.165) is 0 Å². The highest BCUT2D eigenvalue weighted by Gasteiger charge is 2.14. The highest BCUT2D eigenvalue weighted by molar-refractivity contribution is 5.95. The number of hydrogen-bond acceptors (Lipinski definition) is 6. The van der Waals surface area contributed by atoms with Crippen LogP contribution in [0.4, 0.5) is 0 Å². The van der Waals surface area contributed by atoms with E-state index in [0.29, 0.717) is 33.8 Å². The molecule has 6 heteroatoms. The first-order valence-corrected chi connectivity index (χ1v) is 8.37. The molecular weight excluding hydrogens is 348 g/mol. The van der Waals surface area contributed by atoms with Gasteiger partial charge in [-0.05, 0) is 50.2 Å². The molecule has 0 unspecified atom stereocenters. The van der Waals surface area contributed by atoms with E-state index in [1.807, 2.05) is 0 Å². The summed E-state index contributed by atoms with van der Waals surface area (Å²) in [5.41, 5.74) is 2.18. The highest BCUT2D eigenvalue weighted by Crippen LogP contribution is 2.23. The minimum atomic E-state index is -0.482. The number of carbonyl (C=O) groups is 3. The molecule has 2 aromatic carbocycles. The molecule has 0 amide bonds. The third-order valence-electron chi connectivity index (χ3n) is 4.10. The van der Waals surface area contributed by atoms with Crippen LogP contribution in [-0.4, -0.2) is 31.8 Å². The maximum Gasteiger partial charge on any atom is 0.310 e. The van der Waals surface area contributed by atoms with Crippen molar-refractivity contribution in [3.63, 3.8) is 0 Å². The summed E-state index contributed by atoms with van der Waals surface area (Å²) in [6.07, 6.45) is -0.0427. The van der Waals surface area contributed by atoms with Crippen LogP contribution in [0.25, 0.3) is 0 Å². The Morgan fingerprint density at radius 3 is 1.74 bits per heavy atom. The number of esters is 1. The van der Waals surface area contributed by atoms with Crippen molar-refractivity contribution in [3.05, 3.63) is 58.7 Å². The molecule has 0 fully saturated rings. The molecule has 0 aromatic heterocycles. The molecule has 0 aliphatic rings. The summed E-state index contributed by atoms with van der Waals surface area (Å²) < 4.78 is 15.8. The van der Waals surface area contributed by atoms with Gasteiger partial charge in [0.25, 0.3) is 0 Å². The van der Waals surface area contributed by atoms with Crippen molar-refractivity contribution in [1.82, 2.24) is 0 Å². The third kappa shape index (κ3) is 5.17. The number of Topliss-reactive ketones (excluding diaryl/α,β-unsaturated/α-hetero) is 2. The summed E-state index contributed by atoms with van der Waals surface area (Å²) in [6.45, 7) is 2.89. The smallest absolute Gasteiger partial charge is 0.310 e. The van der Waals surface area contributed by atoms with Gasteiger partial charge in [-0.15, -0.1) is 0 Å². The van der Waals surface area contributed by atoms with E-state index in [2.05, 4.69) is 0 Å². The molecule has 2 aromatic rings. The number of rotatable bonds is 8. The fourth-order valence-corrected chi connectivity index (χ4v) is 2.61. The van der Waals surface area contributed by atoms with Crippen LogP contribution in [0, 0.1) is 0 Å². The largest absolute Gasteiger partial charge is 0.496 e. The Morgan fingerprint density at radius 2 is 1.26 bits per heavy atom. The Bertz CT molecular complexity index is 869. The SMILES string of the molecule is COc1ccc(C(C)=O)cc1COC(=O)Cc1cc(C(C)=O)ccc1OC. The van der Waals surface area contributed by atoms with Crippen molar-refractivity contribution in [1.29, 1.82) is 0 Å². The molecule has 0 bridgehead atoms. The predicted octanol–water partition coefficient (Wildman–Crippen LogP) is 3.39. The van der Waals surface area contributed by atoms with Crippen molar-refractivity contribution in [2.24, 2.45) is 0 Å². The first kappa shape index (κ1) is 20.2. The molecule has 0 aliphatic carbocycles. The molecular formula is C21H22O6. The Morgan fingerprint density at radius 1 is 0.778 bits per heavy atom. The molecule has 0 saturated carbocycles. The van der Waals surface area contributed by atoms with Gasteiger partial charge in [-0.1, -0.05) is 0 Å². The Hall–Kier alpha value is -3.15. The Labute approximate surface area is 158 Å². The van der Waals surface area contributed by atoms with E-state index < -0.39 is 5.97 Å². The number of benzene rings is 2. The summed E-state index contributed by atoms with van der Waals surface area (Å²) in [5, 5.41) is 0. The summed E-state index contributed by atoms with van der Waals surface area (Å²) >= 11 is 0. The molecule has 0 N–H and O–H groups in total. The average Bonchev–Trinajstić information content (AvgIpc) is 2.65. The Balaban J connectivity index is 2.13. The first-order chi connectivity index (χ1) is 12.8. The monoisotopic (exact) mass is 370 g/mol. The molecule has 2 rings (SSSR count). The minimum Gasteiger partial charge on any atom is -0.496 e. The van der Waals surface area contributed by atoms with Crippen molar-refractivity contribution in [3.8, 4) is 11.5 Å². The topological polar surface area (TPSA) is 78.9 Å². The second kappa shape index (κ2) is 8.98. The second-order valence-electron chi connectivity index (χ2n) is 6.00. The molecule has 0 atom stereocenters. The van der Waals surface area contributed by atoms with Crippen LogP contribution in [0.2, 0.25) is 0 Å². The molecule has 0 spiro atoms. The minimum absolute atomic E-state index is 0.0299. The van der Waals surface area contributed by atoms with Crippen molar-refractivity contribution in [2.75, 3.05) is 14.2 Å². The number of methoxy groups -OCH3 is 2. The van der Waals surface area contributed by atoms with Gasteiger partial charge in [0, 0.05) is 22.3 Å². The fraction of sp³-hybridized carbons (Fsp3) is 0.286. The zero-order chi connectivity index (χ0) is 20.0. The summed E-state index contributed by atoms with van der Waals surface area (Å²) in [5.74, 6) is 0.371. The van der Waals surface area contributed by atoms with Gasteiger partial charge >= 0.3 is 5.97 Å². The lowest BCUT2D eigenvalue weighted by Crippen LogP contribution is -2.10. The van der Waals surface area contributed by atoms with Crippen LogP contribution in [0.1, 0.15) is 45.7 Å². The molecule has 6 nitrogen and oxygen atoms in total. The summed E-state index contributed by atoms with van der Waals surface area (Å²) in [4.78, 5) is 35.4. The van der Waals surface area contributed by atoms with Gasteiger partial charge in [-0.25, -0.2) is 0 Å². The molecule has 0 saturated heterocycles. The highest BCUT2D eigenvalue weighted by atomic mass is 16.5. The van der Waals surface area contributed by atoms with Gasteiger partial charge in [0.15, 0.2) is 11.6 Å². The van der Waals surface area contributed by atoms with Crippen LogP contribution in [-0.2, 0) is 22.6 Å². The van der Waals surface area contributed by atoms with Crippen molar-refractivity contribution in [2.45, 2.75) is 26.9 Å². The lowest BCUT2D eigenvalue weighted by atomic mass is 10.0. The van der Waals surface area contributed by atoms with Crippen LogP contribution in [0.15, 0.2) is 36.4 Å². The lowest BCUT2D eigenvalue weighted by molar-refractivity contribution is -0.144. The predicted molar refractivity (Wildman–Crippen MR) is 99.5 cm³/mol. The van der Waals surface area contributed by atoms with Gasteiger partial charge in [-0.2, -0.15) is 0 Å². The van der Waals surface area contributed by atoms with Gasteiger partial charge < -0.3 is 14.2 Å². The number of ketones is 2. The number of hydrogen-bond donors (Lipinski definition) is 0. The Kier molecular flexibility index (Phi) is 6.71. The quantitative estimate of drug-likeness (QED) is 0.523. The van der Waals surface area contributed by atoms with E-state index in [9.17, 15) is 14.4 Å². The van der Waals surface area contributed by atoms with Crippen molar-refractivity contribution < 1.29 is 28.6 Å². The van der Waals surface area contributed by atoms with E-state index in [-0.39, 0.29) is 24.6 Å². The van der Waals surface area contributed by atoms with Gasteiger partial charge in [0.05, 0.1) is 20.6 Å². The van der Waals surface area contributed by atoms with E-state index >= 15 is 0 Å². The fourth-order valence-electron chi connectivity index (χ4n) is 2.61. The van der Waals surface area contributed by atoms with Gasteiger partial charge in [0.1, 0.15) is 18.1 Å². The summed E-state index contributed by atoms with van der Waals surface area (Å²) in [7, 11) is 3.00. The van der Waals surface area contributed by atoms with E-state index in [4.69, 9.17) is 14.2 Å². The summed E-state index contributed by atoms with van der Waals surface area (Å²) in [6, 6.07) is 9.89. The van der Waals surface area contributed by atoms with Gasteiger partial charge in [0.2, 0.25) is 0 Å². The zero-order valence-electron chi connectivity index (χ0n) is 15.8. The molecule has 27 heavy (non-hydrogen) atoms. The van der Waals surface area contributed by atoms with Crippen LogP contribution >= 0.6 is 0 Å². The normalized spacial score (nSPS) is 10.2. The van der Waals surface area contributed by atoms with Crippen LogP contribution in [0.3, 0.4) is 0 Å². The van der Waals surface area contributed by atoms with E-state index in [1.54, 1.807) is 36.4 Å². The average molecular weight is 370 g/mol. The van der Waals surface area contributed by atoms with Crippen LogP contribution < -0.4 is 9.47 Å². The molecule has 0 radical (unpaired) electrons. The second-order valence-corrected chi connectivity index (χ2v) is 6.00. The zero-order valence-corrected chi connectivity index (χ0v) is 15.8. The van der Waals surface area contributed by atoms with Crippen molar-refractivity contribution >= 4 is 17.5 Å². The number of carbonyl (C=O) groups excluding carboxylic acids is 3.